The zero-order valence-electron chi connectivity index (χ0n) is 12.3. The van der Waals surface area contributed by atoms with Crippen LogP contribution < -0.4 is 4.31 Å². The highest BCUT2D eigenvalue weighted by atomic mass is 32.2. The Labute approximate surface area is 129 Å². The number of pyridine rings is 1. The van der Waals surface area contributed by atoms with Gasteiger partial charge < -0.3 is 0 Å². The number of hydrogen-bond acceptors (Lipinski definition) is 4. The molecule has 0 spiro atoms. The first-order chi connectivity index (χ1) is 9.80. The Morgan fingerprint density at radius 1 is 1.24 bits per heavy atom. The molecule has 0 unspecified atom stereocenters. The van der Waals surface area contributed by atoms with Crippen molar-refractivity contribution in [1.82, 2.24) is 4.98 Å². The Morgan fingerprint density at radius 2 is 2.00 bits per heavy atom. The van der Waals surface area contributed by atoms with Gasteiger partial charge in [-0.3, -0.25) is 9.29 Å². The van der Waals surface area contributed by atoms with Gasteiger partial charge in [0.15, 0.2) is 0 Å². The van der Waals surface area contributed by atoms with Crippen molar-refractivity contribution in [3.8, 4) is 0 Å². The minimum atomic E-state index is -3.47. The van der Waals surface area contributed by atoms with E-state index < -0.39 is 10.0 Å². The zero-order chi connectivity index (χ0) is 15.3. The number of nitrogens with zero attached hydrogens (tertiary/aromatic N) is 2. The smallest absolute Gasteiger partial charge is 0.265 e. The fraction of sp³-hybridized carbons (Fsp3) is 0.400. The fourth-order valence-electron chi connectivity index (χ4n) is 2.42. The molecule has 3 heterocycles. The molecular weight excluding hydrogens is 304 g/mol. The van der Waals surface area contributed by atoms with Gasteiger partial charge in [0.1, 0.15) is 4.21 Å². The second-order valence-corrected chi connectivity index (χ2v) is 9.37. The molecule has 0 atom stereocenters. The highest BCUT2D eigenvalue weighted by molar-refractivity contribution is 7.94. The Morgan fingerprint density at radius 3 is 2.67 bits per heavy atom. The molecule has 2 aromatic rings. The number of anilines is 1. The second-order valence-electron chi connectivity index (χ2n) is 6.20. The molecule has 4 nitrogen and oxygen atoms in total. The molecular formula is C15H18N2O2S2. The topological polar surface area (TPSA) is 50.3 Å². The summed E-state index contributed by atoms with van der Waals surface area (Å²) in [6.45, 7) is 6.76. The largest absolute Gasteiger partial charge is 0.273 e. The molecule has 1 aliphatic heterocycles. The molecule has 0 aromatic carbocycles. The van der Waals surface area contributed by atoms with Gasteiger partial charge in [-0.15, -0.1) is 11.3 Å². The summed E-state index contributed by atoms with van der Waals surface area (Å²) in [5.74, 6) is 0. The van der Waals surface area contributed by atoms with E-state index in [0.29, 0.717) is 10.8 Å². The van der Waals surface area contributed by atoms with Crippen LogP contribution in [0.15, 0.2) is 34.8 Å². The first-order valence-electron chi connectivity index (χ1n) is 6.86. The average Bonchev–Trinajstić information content (AvgIpc) is 3.05. The summed E-state index contributed by atoms with van der Waals surface area (Å²) in [4.78, 5) is 5.14. The first kappa shape index (κ1) is 14.5. The van der Waals surface area contributed by atoms with Gasteiger partial charge in [-0.2, -0.15) is 0 Å². The van der Waals surface area contributed by atoms with Gasteiger partial charge in [0, 0.05) is 23.8 Å². The summed E-state index contributed by atoms with van der Waals surface area (Å²) in [5, 5.41) is 0. The van der Waals surface area contributed by atoms with Crippen LogP contribution >= 0.6 is 11.3 Å². The van der Waals surface area contributed by atoms with E-state index in [4.69, 9.17) is 0 Å². The number of fused-ring (bicyclic) bond motifs is 1. The van der Waals surface area contributed by atoms with Crippen LogP contribution in [0.25, 0.3) is 0 Å². The van der Waals surface area contributed by atoms with E-state index in [1.165, 1.54) is 15.6 Å². The van der Waals surface area contributed by atoms with Crippen molar-refractivity contribution >= 4 is 27.0 Å². The predicted molar refractivity (Wildman–Crippen MR) is 85.5 cm³/mol. The van der Waals surface area contributed by atoms with Gasteiger partial charge in [0.05, 0.1) is 5.69 Å². The van der Waals surface area contributed by atoms with Crippen molar-refractivity contribution in [1.29, 1.82) is 0 Å². The summed E-state index contributed by atoms with van der Waals surface area (Å²) < 4.78 is 27.6. The molecule has 0 fully saturated rings. The molecule has 3 rings (SSSR count). The van der Waals surface area contributed by atoms with Crippen molar-refractivity contribution in [2.24, 2.45) is 0 Å². The first-order valence-corrected chi connectivity index (χ1v) is 9.12. The Bertz CT molecular complexity index is 773. The molecule has 6 heteroatoms. The van der Waals surface area contributed by atoms with Crippen molar-refractivity contribution in [3.05, 3.63) is 41.0 Å². The normalized spacial score (nSPS) is 15.3. The molecule has 21 heavy (non-hydrogen) atoms. The van der Waals surface area contributed by atoms with E-state index in [-0.39, 0.29) is 5.41 Å². The summed E-state index contributed by atoms with van der Waals surface area (Å²) in [6.07, 6.45) is 4.11. The molecule has 1 aliphatic rings. The van der Waals surface area contributed by atoms with E-state index in [9.17, 15) is 8.42 Å². The van der Waals surface area contributed by atoms with Crippen LogP contribution in [0.2, 0.25) is 0 Å². The maximum absolute atomic E-state index is 12.9. The van der Waals surface area contributed by atoms with Crippen LogP contribution in [-0.4, -0.2) is 19.9 Å². The second kappa shape index (κ2) is 4.81. The van der Waals surface area contributed by atoms with Gasteiger partial charge in [0.2, 0.25) is 0 Å². The molecule has 112 valence electrons. The van der Waals surface area contributed by atoms with Crippen LogP contribution in [0.3, 0.4) is 0 Å². The average molecular weight is 322 g/mol. The van der Waals surface area contributed by atoms with Gasteiger partial charge in [-0.1, -0.05) is 20.8 Å². The number of thiophene rings is 1. The minimum absolute atomic E-state index is 0.0364. The van der Waals surface area contributed by atoms with Gasteiger partial charge in [0.25, 0.3) is 10.0 Å². The predicted octanol–water partition coefficient (Wildman–Crippen LogP) is 3.19. The van der Waals surface area contributed by atoms with Crippen molar-refractivity contribution in [2.45, 2.75) is 36.8 Å². The highest BCUT2D eigenvalue weighted by Crippen LogP contribution is 2.37. The molecule has 0 N–H and O–H groups in total. The number of sulfonamides is 1. The number of aromatic nitrogens is 1. The molecule has 0 radical (unpaired) electrons. The van der Waals surface area contributed by atoms with E-state index in [2.05, 4.69) is 25.8 Å². The fourth-order valence-corrected chi connectivity index (χ4v) is 5.40. The van der Waals surface area contributed by atoms with E-state index in [0.717, 1.165) is 22.5 Å². The van der Waals surface area contributed by atoms with Crippen molar-refractivity contribution < 1.29 is 8.42 Å². The minimum Gasteiger partial charge on any atom is -0.265 e. The number of hydrogen-bond donors (Lipinski definition) is 0. The third-order valence-corrected chi connectivity index (χ3v) is 7.39. The van der Waals surface area contributed by atoms with E-state index in [1.807, 2.05) is 6.07 Å². The van der Waals surface area contributed by atoms with E-state index >= 15 is 0 Å². The zero-order valence-corrected chi connectivity index (χ0v) is 14.0. The molecule has 0 amide bonds. The Balaban J connectivity index is 2.01. The van der Waals surface area contributed by atoms with Crippen LogP contribution in [0, 0.1) is 0 Å². The summed E-state index contributed by atoms with van der Waals surface area (Å²) >= 11 is 1.36. The van der Waals surface area contributed by atoms with Gasteiger partial charge in [-0.05, 0) is 35.6 Å². The molecule has 0 saturated heterocycles. The number of rotatable bonds is 2. The summed E-state index contributed by atoms with van der Waals surface area (Å²) in [7, 11) is -3.47. The van der Waals surface area contributed by atoms with Crippen LogP contribution in [0.4, 0.5) is 5.69 Å². The molecule has 0 aliphatic carbocycles. The van der Waals surface area contributed by atoms with Gasteiger partial charge in [-0.25, -0.2) is 8.42 Å². The standard InChI is InChI=1S/C15H18N2O2S2/c1-15(2,3)13-4-5-14(20-13)21(18,19)17-9-7-11-10-16-8-6-12(11)17/h4-6,8,10H,7,9H2,1-3H3. The van der Waals surface area contributed by atoms with Crippen LogP contribution in [-0.2, 0) is 21.9 Å². The van der Waals surface area contributed by atoms with Crippen molar-refractivity contribution in [2.75, 3.05) is 10.8 Å². The Hall–Kier alpha value is -1.40. The maximum Gasteiger partial charge on any atom is 0.273 e. The maximum atomic E-state index is 12.9. The van der Waals surface area contributed by atoms with E-state index in [1.54, 1.807) is 24.5 Å². The molecule has 0 saturated carbocycles. The lowest BCUT2D eigenvalue weighted by molar-refractivity contribution is 0.594. The third kappa shape index (κ3) is 2.46. The monoisotopic (exact) mass is 322 g/mol. The molecule has 0 bridgehead atoms. The van der Waals surface area contributed by atoms with Crippen molar-refractivity contribution in [3.63, 3.8) is 0 Å². The summed E-state index contributed by atoms with van der Waals surface area (Å²) in [5.41, 5.74) is 1.72. The van der Waals surface area contributed by atoms with Gasteiger partial charge >= 0.3 is 0 Å². The summed E-state index contributed by atoms with van der Waals surface area (Å²) in [6, 6.07) is 5.42. The lowest BCUT2D eigenvalue weighted by atomic mass is 9.95. The quantitative estimate of drug-likeness (QED) is 0.853. The highest BCUT2D eigenvalue weighted by Gasteiger charge is 2.32. The SMILES string of the molecule is CC(C)(C)c1ccc(S(=O)(=O)N2CCc3cnccc32)s1. The lowest BCUT2D eigenvalue weighted by Gasteiger charge is -2.19. The lowest BCUT2D eigenvalue weighted by Crippen LogP contribution is -2.28. The van der Waals surface area contributed by atoms with Crippen LogP contribution in [0.1, 0.15) is 31.2 Å². The molecule has 2 aromatic heterocycles. The third-order valence-electron chi connectivity index (χ3n) is 3.60. The Kier molecular flexibility index (Phi) is 3.33. The van der Waals surface area contributed by atoms with Crippen LogP contribution in [0.5, 0.6) is 0 Å².